The van der Waals surface area contributed by atoms with E-state index in [0.29, 0.717) is 25.3 Å². The summed E-state index contributed by atoms with van der Waals surface area (Å²) in [5.74, 6) is 0. The van der Waals surface area contributed by atoms with Gasteiger partial charge in [-0.2, -0.15) is 5.26 Å². The summed E-state index contributed by atoms with van der Waals surface area (Å²) in [6.07, 6.45) is 2.69. The first-order valence-electron chi connectivity index (χ1n) is 5.40. The second-order valence-corrected chi connectivity index (χ2v) is 4.33. The number of anilines is 1. The molecule has 0 aliphatic rings. The van der Waals surface area contributed by atoms with Crippen molar-refractivity contribution in [3.8, 4) is 6.07 Å². The molecule has 1 aromatic rings. The SMILES string of the molecule is C=CCCOCCNc1cc(Br)ccc1C#N. The second kappa shape index (κ2) is 7.88. The van der Waals surface area contributed by atoms with E-state index in [4.69, 9.17) is 10.00 Å². The molecule has 0 aliphatic heterocycles. The van der Waals surface area contributed by atoms with Crippen LogP contribution in [0.2, 0.25) is 0 Å². The number of nitriles is 1. The van der Waals surface area contributed by atoms with Gasteiger partial charge in [0, 0.05) is 11.0 Å². The Hall–Kier alpha value is -1.31. The molecule has 0 aromatic heterocycles. The molecular weight excluding hydrogens is 280 g/mol. The highest BCUT2D eigenvalue weighted by Gasteiger charge is 2.01. The van der Waals surface area contributed by atoms with E-state index >= 15 is 0 Å². The van der Waals surface area contributed by atoms with Crippen LogP contribution >= 0.6 is 15.9 Å². The Balaban J connectivity index is 2.38. The Morgan fingerprint density at radius 1 is 1.47 bits per heavy atom. The van der Waals surface area contributed by atoms with Gasteiger partial charge in [-0.15, -0.1) is 6.58 Å². The molecule has 0 unspecified atom stereocenters. The summed E-state index contributed by atoms with van der Waals surface area (Å²) in [6.45, 7) is 5.61. The standard InChI is InChI=1S/C13H15BrN2O/c1-2-3-7-17-8-6-16-13-9-12(14)5-4-11(13)10-15/h2,4-5,9,16H,1,3,6-8H2. The summed E-state index contributed by atoms with van der Waals surface area (Å²) in [6, 6.07) is 7.67. The maximum absolute atomic E-state index is 8.93. The van der Waals surface area contributed by atoms with Crippen molar-refractivity contribution in [2.24, 2.45) is 0 Å². The van der Waals surface area contributed by atoms with Gasteiger partial charge in [0.05, 0.1) is 24.5 Å². The highest BCUT2D eigenvalue weighted by atomic mass is 79.9. The third-order valence-corrected chi connectivity index (χ3v) is 2.62. The fourth-order valence-corrected chi connectivity index (χ4v) is 1.65. The molecule has 1 N–H and O–H groups in total. The van der Waals surface area contributed by atoms with Crippen molar-refractivity contribution in [2.45, 2.75) is 6.42 Å². The minimum absolute atomic E-state index is 0.616. The maximum Gasteiger partial charge on any atom is 0.101 e. The minimum Gasteiger partial charge on any atom is -0.382 e. The lowest BCUT2D eigenvalue weighted by atomic mass is 10.2. The van der Waals surface area contributed by atoms with Crippen molar-refractivity contribution >= 4 is 21.6 Å². The number of hydrogen-bond acceptors (Lipinski definition) is 3. The zero-order valence-electron chi connectivity index (χ0n) is 9.58. The van der Waals surface area contributed by atoms with Crippen molar-refractivity contribution in [2.75, 3.05) is 25.1 Å². The number of hydrogen-bond donors (Lipinski definition) is 1. The average Bonchev–Trinajstić information content (AvgIpc) is 2.34. The lowest BCUT2D eigenvalue weighted by Gasteiger charge is -2.08. The van der Waals surface area contributed by atoms with Gasteiger partial charge in [-0.1, -0.05) is 22.0 Å². The van der Waals surface area contributed by atoms with Crippen molar-refractivity contribution in [1.29, 1.82) is 5.26 Å². The monoisotopic (exact) mass is 294 g/mol. The van der Waals surface area contributed by atoms with Crippen molar-refractivity contribution in [3.63, 3.8) is 0 Å². The lowest BCUT2D eigenvalue weighted by Crippen LogP contribution is -2.10. The van der Waals surface area contributed by atoms with Crippen LogP contribution in [0.4, 0.5) is 5.69 Å². The molecule has 0 saturated heterocycles. The van der Waals surface area contributed by atoms with Gasteiger partial charge >= 0.3 is 0 Å². The largest absolute Gasteiger partial charge is 0.382 e. The van der Waals surface area contributed by atoms with Crippen LogP contribution in [-0.2, 0) is 4.74 Å². The van der Waals surface area contributed by atoms with E-state index in [0.717, 1.165) is 16.6 Å². The van der Waals surface area contributed by atoms with Crippen molar-refractivity contribution < 1.29 is 4.74 Å². The molecular formula is C13H15BrN2O. The number of nitrogens with zero attached hydrogens (tertiary/aromatic N) is 1. The Bertz CT molecular complexity index is 412. The first kappa shape index (κ1) is 13.8. The number of halogens is 1. The Labute approximate surface area is 110 Å². The summed E-state index contributed by atoms with van der Waals surface area (Å²) < 4.78 is 6.32. The molecule has 1 rings (SSSR count). The smallest absolute Gasteiger partial charge is 0.101 e. The van der Waals surface area contributed by atoms with E-state index in [1.807, 2.05) is 18.2 Å². The molecule has 0 atom stereocenters. The molecule has 0 saturated carbocycles. The molecule has 0 amide bonds. The molecule has 0 radical (unpaired) electrons. The quantitative estimate of drug-likeness (QED) is 0.620. The average molecular weight is 295 g/mol. The predicted molar refractivity (Wildman–Crippen MR) is 73.0 cm³/mol. The van der Waals surface area contributed by atoms with Crippen molar-refractivity contribution in [1.82, 2.24) is 0 Å². The fourth-order valence-electron chi connectivity index (χ4n) is 1.29. The van der Waals surface area contributed by atoms with Crippen LogP contribution < -0.4 is 5.32 Å². The van der Waals surface area contributed by atoms with Crippen LogP contribution in [0.1, 0.15) is 12.0 Å². The molecule has 0 aliphatic carbocycles. The van der Waals surface area contributed by atoms with E-state index in [1.54, 1.807) is 6.07 Å². The summed E-state index contributed by atoms with van der Waals surface area (Å²) >= 11 is 3.38. The molecule has 1 aromatic carbocycles. The number of nitrogens with one attached hydrogen (secondary N) is 1. The van der Waals surface area contributed by atoms with Gasteiger partial charge < -0.3 is 10.1 Å². The summed E-state index contributed by atoms with van der Waals surface area (Å²) in [4.78, 5) is 0. The molecule has 0 spiro atoms. The highest BCUT2D eigenvalue weighted by molar-refractivity contribution is 9.10. The van der Waals surface area contributed by atoms with Gasteiger partial charge in [0.15, 0.2) is 0 Å². The van der Waals surface area contributed by atoms with E-state index in [-0.39, 0.29) is 0 Å². The fraction of sp³-hybridized carbons (Fsp3) is 0.308. The van der Waals surface area contributed by atoms with E-state index in [1.165, 1.54) is 0 Å². The third-order valence-electron chi connectivity index (χ3n) is 2.13. The first-order valence-corrected chi connectivity index (χ1v) is 6.19. The molecule has 0 heterocycles. The molecule has 17 heavy (non-hydrogen) atoms. The molecule has 90 valence electrons. The molecule has 3 nitrogen and oxygen atoms in total. The van der Waals surface area contributed by atoms with Crippen LogP contribution in [0.5, 0.6) is 0 Å². The number of benzene rings is 1. The van der Waals surface area contributed by atoms with E-state index in [2.05, 4.69) is 33.9 Å². The van der Waals surface area contributed by atoms with E-state index < -0.39 is 0 Å². The van der Waals surface area contributed by atoms with Crippen LogP contribution in [0, 0.1) is 11.3 Å². The van der Waals surface area contributed by atoms with Crippen LogP contribution in [-0.4, -0.2) is 19.8 Å². The van der Waals surface area contributed by atoms with Gasteiger partial charge in [-0.3, -0.25) is 0 Å². The Kier molecular flexibility index (Phi) is 6.38. The Morgan fingerprint density at radius 3 is 3.00 bits per heavy atom. The predicted octanol–water partition coefficient (Wildman–Crippen LogP) is 3.33. The molecule has 0 bridgehead atoms. The maximum atomic E-state index is 8.93. The van der Waals surface area contributed by atoms with Gasteiger partial charge in [-0.05, 0) is 24.6 Å². The normalized spacial score (nSPS) is 9.65. The Morgan fingerprint density at radius 2 is 2.29 bits per heavy atom. The number of ether oxygens (including phenoxy) is 1. The molecule has 0 fully saturated rings. The summed E-state index contributed by atoms with van der Waals surface area (Å²) in [5, 5.41) is 12.1. The van der Waals surface area contributed by atoms with Gasteiger partial charge in [-0.25, -0.2) is 0 Å². The van der Waals surface area contributed by atoms with Crippen molar-refractivity contribution in [3.05, 3.63) is 40.9 Å². The van der Waals surface area contributed by atoms with Gasteiger partial charge in [0.1, 0.15) is 6.07 Å². The zero-order chi connectivity index (χ0) is 12.5. The third kappa shape index (κ3) is 5.03. The van der Waals surface area contributed by atoms with Gasteiger partial charge in [0.25, 0.3) is 0 Å². The van der Waals surface area contributed by atoms with Crippen LogP contribution in [0.3, 0.4) is 0 Å². The van der Waals surface area contributed by atoms with Crippen LogP contribution in [0.15, 0.2) is 35.3 Å². The zero-order valence-corrected chi connectivity index (χ0v) is 11.2. The lowest BCUT2D eigenvalue weighted by molar-refractivity contribution is 0.149. The van der Waals surface area contributed by atoms with Gasteiger partial charge in [0.2, 0.25) is 0 Å². The van der Waals surface area contributed by atoms with E-state index in [9.17, 15) is 0 Å². The minimum atomic E-state index is 0.616. The highest BCUT2D eigenvalue weighted by Crippen LogP contribution is 2.20. The van der Waals surface area contributed by atoms with Crippen LogP contribution in [0.25, 0.3) is 0 Å². The summed E-state index contributed by atoms with van der Waals surface area (Å²) in [7, 11) is 0. The topological polar surface area (TPSA) is 45.0 Å². The number of rotatable bonds is 7. The second-order valence-electron chi connectivity index (χ2n) is 3.42. The first-order chi connectivity index (χ1) is 8.27. The molecule has 4 heteroatoms. The summed E-state index contributed by atoms with van der Waals surface area (Å²) in [5.41, 5.74) is 1.47.